The lowest BCUT2D eigenvalue weighted by molar-refractivity contribution is -0.0755. The Bertz CT molecular complexity index is 430. The number of rotatable bonds is 2. The van der Waals surface area contributed by atoms with Crippen molar-refractivity contribution in [1.82, 2.24) is 4.90 Å². The number of hydrogen-bond acceptors (Lipinski definition) is 2. The average molecular weight is 299 g/mol. The molecule has 0 aromatic heterocycles. The number of halogens is 1. The highest BCUT2D eigenvalue weighted by atomic mass is 79.9. The maximum Gasteiger partial charge on any atom is 0.322 e. The van der Waals surface area contributed by atoms with Crippen LogP contribution >= 0.6 is 15.9 Å². The van der Waals surface area contributed by atoms with Crippen LogP contribution in [0, 0.1) is 0 Å². The molecule has 1 fully saturated rings. The number of hydrogen-bond donors (Lipinski definition) is 2. The number of anilines is 1. The molecule has 4 nitrogen and oxygen atoms in total. The molecule has 2 rings (SSSR count). The summed E-state index contributed by atoms with van der Waals surface area (Å²) in [5.41, 5.74) is 0.0607. The van der Waals surface area contributed by atoms with Crippen LogP contribution in [0.4, 0.5) is 10.5 Å². The molecule has 1 saturated heterocycles. The Morgan fingerprint density at radius 2 is 2.29 bits per heavy atom. The van der Waals surface area contributed by atoms with Crippen LogP contribution in [0.1, 0.15) is 13.3 Å². The molecule has 5 heteroatoms. The lowest BCUT2D eigenvalue weighted by atomic mass is 9.92. The minimum absolute atomic E-state index is 0.166. The molecule has 1 aromatic rings. The molecule has 1 aliphatic heterocycles. The van der Waals surface area contributed by atoms with Gasteiger partial charge >= 0.3 is 6.03 Å². The molecule has 1 aromatic carbocycles. The van der Waals surface area contributed by atoms with E-state index in [9.17, 15) is 9.90 Å². The van der Waals surface area contributed by atoms with E-state index < -0.39 is 5.60 Å². The first-order valence-electron chi connectivity index (χ1n) is 5.56. The molecule has 0 spiro atoms. The van der Waals surface area contributed by atoms with Gasteiger partial charge < -0.3 is 15.3 Å². The van der Waals surface area contributed by atoms with Crippen LogP contribution in [0.15, 0.2) is 28.7 Å². The number of benzene rings is 1. The quantitative estimate of drug-likeness (QED) is 0.881. The molecule has 0 unspecified atom stereocenters. The van der Waals surface area contributed by atoms with Crippen molar-refractivity contribution in [3.63, 3.8) is 0 Å². The van der Waals surface area contributed by atoms with Crippen LogP contribution in [0.2, 0.25) is 0 Å². The van der Waals surface area contributed by atoms with Gasteiger partial charge in [0.1, 0.15) is 0 Å². The number of nitrogens with one attached hydrogen (secondary N) is 1. The summed E-state index contributed by atoms with van der Waals surface area (Å²) in [5.74, 6) is 0. The maximum atomic E-state index is 11.8. The van der Waals surface area contributed by atoms with Gasteiger partial charge in [0.25, 0.3) is 0 Å². The fraction of sp³-hybridized carbons (Fsp3) is 0.417. The van der Waals surface area contributed by atoms with Gasteiger partial charge in [0.05, 0.1) is 18.7 Å². The first-order chi connectivity index (χ1) is 8.02. The number of nitrogens with zero attached hydrogens (tertiary/aromatic N) is 1. The summed E-state index contributed by atoms with van der Waals surface area (Å²) in [6.07, 6.45) is 0.674. The van der Waals surface area contributed by atoms with Crippen molar-refractivity contribution in [2.45, 2.75) is 18.9 Å². The van der Waals surface area contributed by atoms with Crippen LogP contribution in [0.3, 0.4) is 0 Å². The second-order valence-electron chi connectivity index (χ2n) is 4.37. The summed E-state index contributed by atoms with van der Waals surface area (Å²) in [5, 5.41) is 12.6. The van der Waals surface area contributed by atoms with E-state index >= 15 is 0 Å². The Morgan fingerprint density at radius 1 is 1.59 bits per heavy atom. The van der Waals surface area contributed by atoms with Gasteiger partial charge in [-0.1, -0.05) is 28.9 Å². The van der Waals surface area contributed by atoms with Crippen LogP contribution in [-0.2, 0) is 0 Å². The zero-order chi connectivity index (χ0) is 12.5. The fourth-order valence-electron chi connectivity index (χ4n) is 1.80. The van der Waals surface area contributed by atoms with Crippen molar-refractivity contribution in [2.24, 2.45) is 0 Å². The molecule has 1 aliphatic rings. The minimum Gasteiger partial charge on any atom is -0.386 e. The Balaban J connectivity index is 1.91. The topological polar surface area (TPSA) is 52.6 Å². The molecule has 0 saturated carbocycles. The third-order valence-electron chi connectivity index (χ3n) is 2.99. The third-order valence-corrected chi connectivity index (χ3v) is 3.48. The number of carbonyl (C=O) groups is 1. The normalized spacial score (nSPS) is 17.5. The van der Waals surface area contributed by atoms with Gasteiger partial charge in [0, 0.05) is 10.2 Å². The van der Waals surface area contributed by atoms with Gasteiger partial charge in [-0.15, -0.1) is 0 Å². The van der Waals surface area contributed by atoms with E-state index in [2.05, 4.69) is 21.2 Å². The summed E-state index contributed by atoms with van der Waals surface area (Å²) in [6, 6.07) is 7.26. The van der Waals surface area contributed by atoms with Crippen LogP contribution in [-0.4, -0.2) is 34.7 Å². The van der Waals surface area contributed by atoms with E-state index in [-0.39, 0.29) is 6.03 Å². The van der Waals surface area contributed by atoms with Gasteiger partial charge in [-0.05, 0) is 24.6 Å². The van der Waals surface area contributed by atoms with Crippen molar-refractivity contribution in [1.29, 1.82) is 0 Å². The summed E-state index contributed by atoms with van der Waals surface area (Å²) >= 11 is 3.34. The predicted octanol–water partition coefficient (Wildman–Crippen LogP) is 2.44. The van der Waals surface area contributed by atoms with Crippen molar-refractivity contribution in [2.75, 3.05) is 18.4 Å². The van der Waals surface area contributed by atoms with Crippen molar-refractivity contribution < 1.29 is 9.90 Å². The smallest absolute Gasteiger partial charge is 0.322 e. The van der Waals surface area contributed by atoms with E-state index in [1.165, 1.54) is 0 Å². The molecule has 92 valence electrons. The van der Waals surface area contributed by atoms with Crippen LogP contribution in [0.5, 0.6) is 0 Å². The molecule has 1 heterocycles. The molecule has 0 bridgehead atoms. The lowest BCUT2D eigenvalue weighted by Gasteiger charge is -2.45. The van der Waals surface area contributed by atoms with Gasteiger partial charge in [0.15, 0.2) is 0 Å². The molecular formula is C12H15BrN2O2. The van der Waals surface area contributed by atoms with Gasteiger partial charge in [-0.25, -0.2) is 4.79 Å². The second-order valence-corrected chi connectivity index (χ2v) is 5.29. The third kappa shape index (κ3) is 2.79. The highest BCUT2D eigenvalue weighted by molar-refractivity contribution is 9.10. The molecule has 0 radical (unpaired) electrons. The zero-order valence-electron chi connectivity index (χ0n) is 9.61. The van der Waals surface area contributed by atoms with Gasteiger partial charge in [-0.3, -0.25) is 0 Å². The number of amides is 2. The Kier molecular flexibility index (Phi) is 3.40. The molecule has 2 amide bonds. The van der Waals surface area contributed by atoms with Crippen LogP contribution in [0.25, 0.3) is 0 Å². The van der Waals surface area contributed by atoms with Crippen molar-refractivity contribution in [3.8, 4) is 0 Å². The van der Waals surface area contributed by atoms with E-state index in [0.29, 0.717) is 19.5 Å². The lowest BCUT2D eigenvalue weighted by Crippen LogP contribution is -2.63. The standard InChI is InChI=1S/C12H15BrN2O2/c1-2-12(17)7-15(8-12)11(16)14-10-5-3-4-9(13)6-10/h3-6,17H,2,7-8H2,1H3,(H,14,16). The molecule has 2 N–H and O–H groups in total. The number of urea groups is 1. The number of carbonyl (C=O) groups excluding carboxylic acids is 1. The first kappa shape index (κ1) is 12.4. The van der Waals surface area contributed by atoms with E-state index in [0.717, 1.165) is 10.2 Å². The fourth-order valence-corrected chi connectivity index (χ4v) is 2.20. The second kappa shape index (κ2) is 4.66. The van der Waals surface area contributed by atoms with Crippen LogP contribution < -0.4 is 5.32 Å². The van der Waals surface area contributed by atoms with E-state index in [4.69, 9.17) is 0 Å². The van der Waals surface area contributed by atoms with E-state index in [1.807, 2.05) is 31.2 Å². The molecule has 17 heavy (non-hydrogen) atoms. The van der Waals surface area contributed by atoms with Gasteiger partial charge in [0.2, 0.25) is 0 Å². The highest BCUT2D eigenvalue weighted by Gasteiger charge is 2.41. The van der Waals surface area contributed by atoms with Crippen molar-refractivity contribution >= 4 is 27.6 Å². The monoisotopic (exact) mass is 298 g/mol. The summed E-state index contributed by atoms with van der Waals surface area (Å²) in [7, 11) is 0. The zero-order valence-corrected chi connectivity index (χ0v) is 11.2. The Morgan fingerprint density at radius 3 is 2.88 bits per heavy atom. The number of likely N-dealkylation sites (tertiary alicyclic amines) is 1. The number of β-amino-alcohol motifs (C(OH)–C–C–N with tert-alkyl or cyclic N) is 1. The highest BCUT2D eigenvalue weighted by Crippen LogP contribution is 2.25. The first-order valence-corrected chi connectivity index (χ1v) is 6.35. The summed E-state index contributed by atoms with van der Waals surface area (Å²) < 4.78 is 0.920. The van der Waals surface area contributed by atoms with E-state index in [1.54, 1.807) is 4.90 Å². The van der Waals surface area contributed by atoms with Crippen molar-refractivity contribution in [3.05, 3.63) is 28.7 Å². The minimum atomic E-state index is -0.686. The Hall–Kier alpha value is -1.07. The maximum absolute atomic E-state index is 11.8. The molecule has 0 aliphatic carbocycles. The molecule has 0 atom stereocenters. The summed E-state index contributed by atoms with van der Waals surface area (Å²) in [6.45, 7) is 2.73. The largest absolute Gasteiger partial charge is 0.386 e. The Labute approximate surface area is 109 Å². The average Bonchev–Trinajstić information content (AvgIpc) is 2.24. The number of aliphatic hydroxyl groups is 1. The predicted molar refractivity (Wildman–Crippen MR) is 70.0 cm³/mol. The molecular weight excluding hydrogens is 284 g/mol. The SMILES string of the molecule is CCC1(O)CN(C(=O)Nc2cccc(Br)c2)C1. The summed E-state index contributed by atoms with van der Waals surface area (Å²) in [4.78, 5) is 13.4. The van der Waals surface area contributed by atoms with Gasteiger partial charge in [-0.2, -0.15) is 0 Å².